The number of methoxy groups -OCH3 is 2. The van der Waals surface area contributed by atoms with Crippen molar-refractivity contribution in [3.8, 4) is 17.2 Å². The molecule has 2 heterocycles. The lowest BCUT2D eigenvalue weighted by Gasteiger charge is -2.29. The molecule has 1 aliphatic rings. The number of ether oxygens (including phenoxy) is 3. The molecule has 0 bridgehead atoms. The van der Waals surface area contributed by atoms with E-state index in [1.165, 1.54) is 14.2 Å². The summed E-state index contributed by atoms with van der Waals surface area (Å²) in [6.45, 7) is 4.45. The summed E-state index contributed by atoms with van der Waals surface area (Å²) in [5.74, 6) is 1.98. The summed E-state index contributed by atoms with van der Waals surface area (Å²) in [7, 11) is 3.04. The van der Waals surface area contributed by atoms with Crippen LogP contribution in [0.25, 0.3) is 16.7 Å². The second kappa shape index (κ2) is 10.1. The fraction of sp³-hybridized carbons (Fsp3) is 0.214. The smallest absolute Gasteiger partial charge is 0.255 e. The van der Waals surface area contributed by atoms with E-state index in [9.17, 15) is 4.79 Å². The van der Waals surface area contributed by atoms with Gasteiger partial charge in [0.15, 0.2) is 0 Å². The van der Waals surface area contributed by atoms with Crippen molar-refractivity contribution in [2.45, 2.75) is 19.9 Å². The Kier molecular flexibility index (Phi) is 6.67. The van der Waals surface area contributed by atoms with Gasteiger partial charge in [0.25, 0.3) is 5.91 Å². The van der Waals surface area contributed by atoms with Crippen LogP contribution in [0.1, 0.15) is 19.4 Å². The van der Waals surface area contributed by atoms with Crippen LogP contribution in [0.4, 0.5) is 11.6 Å². The SMILES string of the molecule is CCOc1ccc(C2=C(C(=O)Nc3cc(OC)c(Cl)cc3OC)[C@@H](C)Nc3nc4ccccc4n32)cc1. The molecule has 0 fully saturated rings. The number of halogens is 1. The molecule has 2 N–H and O–H groups in total. The third-order valence-electron chi connectivity index (χ3n) is 6.22. The number of imidazole rings is 1. The van der Waals surface area contributed by atoms with Gasteiger partial charge in [-0.3, -0.25) is 9.36 Å². The molecule has 0 radical (unpaired) electrons. The Labute approximate surface area is 219 Å². The van der Waals surface area contributed by atoms with Crippen molar-refractivity contribution in [2.24, 2.45) is 0 Å². The van der Waals surface area contributed by atoms with Crippen LogP contribution < -0.4 is 24.8 Å². The quantitative estimate of drug-likeness (QED) is 0.321. The zero-order valence-electron chi connectivity index (χ0n) is 21.0. The molecule has 190 valence electrons. The van der Waals surface area contributed by atoms with E-state index in [-0.39, 0.29) is 11.9 Å². The van der Waals surface area contributed by atoms with Crippen LogP contribution in [0.2, 0.25) is 5.02 Å². The third kappa shape index (κ3) is 4.44. The Balaban J connectivity index is 1.69. The third-order valence-corrected chi connectivity index (χ3v) is 6.52. The molecule has 0 unspecified atom stereocenters. The predicted octanol–water partition coefficient (Wildman–Crippen LogP) is 5.82. The Morgan fingerprint density at radius 3 is 2.51 bits per heavy atom. The average Bonchev–Trinajstić information content (AvgIpc) is 3.27. The zero-order chi connectivity index (χ0) is 26.1. The molecule has 1 aliphatic heterocycles. The molecule has 0 saturated heterocycles. The lowest BCUT2D eigenvalue weighted by Crippen LogP contribution is -2.34. The van der Waals surface area contributed by atoms with Crippen LogP contribution in [0.5, 0.6) is 17.2 Å². The minimum atomic E-state index is -0.342. The molecule has 0 aliphatic carbocycles. The highest BCUT2D eigenvalue weighted by Crippen LogP contribution is 2.39. The summed E-state index contributed by atoms with van der Waals surface area (Å²) in [5.41, 5.74) is 4.28. The second-order valence-corrected chi connectivity index (χ2v) is 8.89. The minimum Gasteiger partial charge on any atom is -0.495 e. The molecule has 1 amide bonds. The zero-order valence-corrected chi connectivity index (χ0v) is 21.7. The van der Waals surface area contributed by atoms with E-state index in [0.717, 1.165) is 28.0 Å². The molecule has 1 aromatic heterocycles. The summed E-state index contributed by atoms with van der Waals surface area (Å²) in [6.07, 6.45) is 0. The van der Waals surface area contributed by atoms with Gasteiger partial charge in [-0.15, -0.1) is 0 Å². The Bertz CT molecular complexity index is 1510. The summed E-state index contributed by atoms with van der Waals surface area (Å²) >= 11 is 6.27. The Hall–Kier alpha value is -4.17. The van der Waals surface area contributed by atoms with Crippen LogP contribution >= 0.6 is 11.6 Å². The van der Waals surface area contributed by atoms with Gasteiger partial charge in [-0.1, -0.05) is 23.7 Å². The molecule has 37 heavy (non-hydrogen) atoms. The van der Waals surface area contributed by atoms with Gasteiger partial charge in [0.2, 0.25) is 5.95 Å². The highest BCUT2D eigenvalue weighted by Gasteiger charge is 2.32. The van der Waals surface area contributed by atoms with Gasteiger partial charge in [0.05, 0.1) is 59.9 Å². The summed E-state index contributed by atoms with van der Waals surface area (Å²) in [5, 5.41) is 6.78. The fourth-order valence-corrected chi connectivity index (χ4v) is 4.78. The summed E-state index contributed by atoms with van der Waals surface area (Å²) < 4.78 is 18.5. The first kappa shape index (κ1) is 24.5. The monoisotopic (exact) mass is 518 g/mol. The average molecular weight is 519 g/mol. The maximum Gasteiger partial charge on any atom is 0.255 e. The molecule has 4 aromatic rings. The molecule has 9 heteroatoms. The highest BCUT2D eigenvalue weighted by atomic mass is 35.5. The Morgan fingerprint density at radius 1 is 1.08 bits per heavy atom. The van der Waals surface area contributed by atoms with Crippen LogP contribution in [0.15, 0.2) is 66.2 Å². The van der Waals surface area contributed by atoms with Crippen molar-refractivity contribution >= 4 is 45.9 Å². The number of aromatic nitrogens is 2. The van der Waals surface area contributed by atoms with E-state index in [2.05, 4.69) is 10.6 Å². The van der Waals surface area contributed by atoms with Gasteiger partial charge in [0.1, 0.15) is 17.2 Å². The van der Waals surface area contributed by atoms with Crippen molar-refractivity contribution in [3.63, 3.8) is 0 Å². The molecule has 0 spiro atoms. The van der Waals surface area contributed by atoms with Crippen molar-refractivity contribution in [1.29, 1.82) is 0 Å². The number of nitrogens with one attached hydrogen (secondary N) is 2. The lowest BCUT2D eigenvalue weighted by atomic mass is 9.97. The van der Waals surface area contributed by atoms with Crippen molar-refractivity contribution in [1.82, 2.24) is 9.55 Å². The van der Waals surface area contributed by atoms with E-state index in [4.69, 9.17) is 30.8 Å². The Morgan fingerprint density at radius 2 is 1.81 bits per heavy atom. The first-order valence-corrected chi connectivity index (χ1v) is 12.3. The number of rotatable bonds is 7. The van der Waals surface area contributed by atoms with Crippen LogP contribution in [0.3, 0.4) is 0 Å². The largest absolute Gasteiger partial charge is 0.495 e. The summed E-state index contributed by atoms with van der Waals surface area (Å²) in [4.78, 5) is 18.7. The number of amides is 1. The van der Waals surface area contributed by atoms with Gasteiger partial charge < -0.3 is 24.8 Å². The van der Waals surface area contributed by atoms with Crippen LogP contribution in [0, 0.1) is 0 Å². The van der Waals surface area contributed by atoms with Crippen molar-refractivity contribution in [3.05, 3.63) is 76.8 Å². The van der Waals surface area contributed by atoms with Crippen LogP contribution in [-0.4, -0.2) is 42.3 Å². The van der Waals surface area contributed by atoms with E-state index < -0.39 is 0 Å². The maximum absolute atomic E-state index is 14.0. The number of anilines is 2. The standard InChI is InChI=1S/C28H27ClN4O4/c1-5-37-18-12-10-17(11-13-18)26-25(16(2)30-28-32-20-8-6-7-9-22(20)33(26)28)27(34)31-21-15-23(35-3)19(29)14-24(21)36-4/h6-16H,5H2,1-4H3,(H,30,32)(H,31,34)/t16-/m1/s1. The molecule has 5 rings (SSSR count). The normalized spacial score (nSPS) is 14.7. The molecular weight excluding hydrogens is 492 g/mol. The first-order valence-electron chi connectivity index (χ1n) is 11.9. The van der Waals surface area contributed by atoms with Crippen molar-refractivity contribution in [2.75, 3.05) is 31.5 Å². The second-order valence-electron chi connectivity index (χ2n) is 8.49. The van der Waals surface area contributed by atoms with Crippen molar-refractivity contribution < 1.29 is 19.0 Å². The first-order chi connectivity index (χ1) is 17.9. The van der Waals surface area contributed by atoms with Gasteiger partial charge >= 0.3 is 0 Å². The molecule has 8 nitrogen and oxygen atoms in total. The number of hydrogen-bond acceptors (Lipinski definition) is 6. The summed E-state index contributed by atoms with van der Waals surface area (Å²) in [6, 6.07) is 18.5. The van der Waals surface area contributed by atoms with E-state index in [1.807, 2.05) is 66.9 Å². The minimum absolute atomic E-state index is 0.296. The molecule has 3 aromatic carbocycles. The highest BCUT2D eigenvalue weighted by molar-refractivity contribution is 6.32. The molecule has 1 atom stereocenters. The topological polar surface area (TPSA) is 86.6 Å². The van der Waals surface area contributed by atoms with Gasteiger partial charge in [-0.25, -0.2) is 4.98 Å². The number of carbonyl (C=O) groups excluding carboxylic acids is 1. The number of fused-ring (bicyclic) bond motifs is 3. The number of para-hydroxylation sites is 2. The number of benzene rings is 3. The van der Waals surface area contributed by atoms with Gasteiger partial charge in [0, 0.05) is 12.1 Å². The van der Waals surface area contributed by atoms with E-state index >= 15 is 0 Å². The molecular formula is C28H27ClN4O4. The number of hydrogen-bond donors (Lipinski definition) is 2. The lowest BCUT2D eigenvalue weighted by molar-refractivity contribution is -0.113. The van der Waals surface area contributed by atoms with Gasteiger partial charge in [-0.2, -0.15) is 0 Å². The number of nitrogens with zero attached hydrogens (tertiary/aromatic N) is 2. The predicted molar refractivity (Wildman–Crippen MR) is 146 cm³/mol. The maximum atomic E-state index is 14.0. The fourth-order valence-electron chi connectivity index (χ4n) is 4.55. The van der Waals surface area contributed by atoms with Gasteiger partial charge in [-0.05, 0) is 55.8 Å². The molecule has 0 saturated carbocycles. The van der Waals surface area contributed by atoms with E-state index in [1.54, 1.807) is 12.1 Å². The van der Waals surface area contributed by atoms with E-state index in [0.29, 0.717) is 40.3 Å². The number of carbonyl (C=O) groups is 1. The van der Waals surface area contributed by atoms with Crippen LogP contribution in [-0.2, 0) is 4.79 Å².